The van der Waals surface area contributed by atoms with Crippen LogP contribution in [0.5, 0.6) is 0 Å². The zero-order chi connectivity index (χ0) is 11.1. The number of cyclic esters (lactones) is 2. The summed E-state index contributed by atoms with van der Waals surface area (Å²) in [5.41, 5.74) is 2.27. The first-order valence-corrected chi connectivity index (χ1v) is 5.15. The lowest BCUT2D eigenvalue weighted by molar-refractivity contribution is 0.0979. The SMILES string of the molecule is Cc1cccc2c1ccn2C1COC(=O)O1. The van der Waals surface area contributed by atoms with E-state index in [2.05, 4.69) is 13.0 Å². The normalized spacial score (nSPS) is 19.8. The van der Waals surface area contributed by atoms with Gasteiger partial charge in [0.2, 0.25) is 6.23 Å². The second-order valence-electron chi connectivity index (χ2n) is 3.86. The molecule has 1 aromatic carbocycles. The van der Waals surface area contributed by atoms with E-state index in [1.807, 2.05) is 29.0 Å². The Bertz CT molecular complexity index is 558. The quantitative estimate of drug-likeness (QED) is 0.689. The van der Waals surface area contributed by atoms with Crippen LogP contribution in [-0.2, 0) is 9.47 Å². The van der Waals surface area contributed by atoms with Crippen molar-refractivity contribution in [1.82, 2.24) is 4.57 Å². The van der Waals surface area contributed by atoms with Crippen LogP contribution >= 0.6 is 0 Å². The van der Waals surface area contributed by atoms with Crippen LogP contribution in [0, 0.1) is 6.92 Å². The zero-order valence-corrected chi connectivity index (χ0v) is 8.84. The van der Waals surface area contributed by atoms with Crippen LogP contribution in [0.4, 0.5) is 4.79 Å². The molecule has 0 amide bonds. The monoisotopic (exact) mass is 217 g/mol. The molecule has 4 nitrogen and oxygen atoms in total. The Morgan fingerprint density at radius 3 is 3.00 bits per heavy atom. The highest BCUT2D eigenvalue weighted by molar-refractivity contribution is 5.83. The van der Waals surface area contributed by atoms with Gasteiger partial charge in [0.05, 0.1) is 5.52 Å². The summed E-state index contributed by atoms with van der Waals surface area (Å²) in [5.74, 6) is 0. The summed E-state index contributed by atoms with van der Waals surface area (Å²) in [6, 6.07) is 8.08. The van der Waals surface area contributed by atoms with E-state index < -0.39 is 6.16 Å². The van der Waals surface area contributed by atoms with Gasteiger partial charge >= 0.3 is 6.16 Å². The van der Waals surface area contributed by atoms with Gasteiger partial charge < -0.3 is 14.0 Å². The molecule has 0 spiro atoms. The van der Waals surface area contributed by atoms with E-state index in [0.717, 1.165) is 5.52 Å². The molecule has 16 heavy (non-hydrogen) atoms. The van der Waals surface area contributed by atoms with E-state index in [4.69, 9.17) is 9.47 Å². The molecule has 1 aliphatic heterocycles. The number of hydrogen-bond donors (Lipinski definition) is 0. The van der Waals surface area contributed by atoms with E-state index in [1.165, 1.54) is 10.9 Å². The standard InChI is InChI=1S/C12H11NO3/c1-8-3-2-4-10-9(8)5-6-13(10)11-7-15-12(14)16-11/h2-6,11H,7H2,1H3. The number of carbonyl (C=O) groups excluding carboxylic acids is 1. The molecule has 2 heterocycles. The van der Waals surface area contributed by atoms with Crippen molar-refractivity contribution >= 4 is 17.1 Å². The first-order valence-electron chi connectivity index (χ1n) is 5.15. The Morgan fingerprint density at radius 1 is 1.38 bits per heavy atom. The van der Waals surface area contributed by atoms with E-state index in [0.29, 0.717) is 0 Å². The van der Waals surface area contributed by atoms with Crippen molar-refractivity contribution in [3.8, 4) is 0 Å². The number of fused-ring (bicyclic) bond motifs is 1. The van der Waals surface area contributed by atoms with E-state index in [-0.39, 0.29) is 12.8 Å². The summed E-state index contributed by atoms with van der Waals surface area (Å²) >= 11 is 0. The summed E-state index contributed by atoms with van der Waals surface area (Å²) in [6.45, 7) is 2.33. The predicted molar refractivity (Wildman–Crippen MR) is 58.1 cm³/mol. The number of carbonyl (C=O) groups is 1. The number of rotatable bonds is 1. The molecule has 1 aliphatic rings. The summed E-state index contributed by atoms with van der Waals surface area (Å²) in [6.07, 6.45) is 0.982. The molecule has 1 unspecified atom stereocenters. The lowest BCUT2D eigenvalue weighted by Gasteiger charge is -2.10. The van der Waals surface area contributed by atoms with Gasteiger partial charge in [-0.1, -0.05) is 12.1 Å². The van der Waals surface area contributed by atoms with Crippen molar-refractivity contribution in [1.29, 1.82) is 0 Å². The number of aromatic nitrogens is 1. The molecule has 3 rings (SSSR count). The number of aryl methyl sites for hydroxylation is 1. The third-order valence-electron chi connectivity index (χ3n) is 2.87. The van der Waals surface area contributed by atoms with Crippen molar-refractivity contribution in [2.45, 2.75) is 13.2 Å². The van der Waals surface area contributed by atoms with Crippen molar-refractivity contribution in [3.05, 3.63) is 36.0 Å². The number of ether oxygens (including phenoxy) is 2. The summed E-state index contributed by atoms with van der Waals surface area (Å²) in [7, 11) is 0. The van der Waals surface area contributed by atoms with Crippen molar-refractivity contribution in [2.75, 3.05) is 6.61 Å². The fourth-order valence-electron chi connectivity index (χ4n) is 2.05. The minimum atomic E-state index is -0.598. The highest BCUT2D eigenvalue weighted by atomic mass is 16.8. The first kappa shape index (κ1) is 9.27. The molecular formula is C12H11NO3. The summed E-state index contributed by atoms with van der Waals surface area (Å²) < 4.78 is 11.8. The van der Waals surface area contributed by atoms with Gasteiger partial charge in [-0.05, 0) is 24.6 Å². The van der Waals surface area contributed by atoms with Gasteiger partial charge in [0, 0.05) is 11.6 Å². The minimum absolute atomic E-state index is 0.274. The van der Waals surface area contributed by atoms with Crippen LogP contribution < -0.4 is 0 Å². The summed E-state index contributed by atoms with van der Waals surface area (Å²) in [5, 5.41) is 1.17. The molecule has 1 fully saturated rings. The van der Waals surface area contributed by atoms with E-state index >= 15 is 0 Å². The molecule has 0 saturated carbocycles. The number of benzene rings is 1. The maximum atomic E-state index is 10.9. The molecular weight excluding hydrogens is 206 g/mol. The molecule has 82 valence electrons. The van der Waals surface area contributed by atoms with Crippen LogP contribution in [0.2, 0.25) is 0 Å². The van der Waals surface area contributed by atoms with E-state index in [9.17, 15) is 4.79 Å². The van der Waals surface area contributed by atoms with Gasteiger partial charge in [0.25, 0.3) is 0 Å². The predicted octanol–water partition coefficient (Wildman–Crippen LogP) is 2.62. The average molecular weight is 217 g/mol. The summed E-state index contributed by atoms with van der Waals surface area (Å²) in [4.78, 5) is 10.9. The van der Waals surface area contributed by atoms with Crippen molar-refractivity contribution in [2.24, 2.45) is 0 Å². The molecule has 2 aromatic rings. The Balaban J connectivity index is 2.11. The van der Waals surface area contributed by atoms with Crippen molar-refractivity contribution < 1.29 is 14.3 Å². The largest absolute Gasteiger partial charge is 0.510 e. The van der Waals surface area contributed by atoms with Crippen molar-refractivity contribution in [3.63, 3.8) is 0 Å². The Morgan fingerprint density at radius 2 is 2.25 bits per heavy atom. The number of hydrogen-bond acceptors (Lipinski definition) is 3. The average Bonchev–Trinajstić information content (AvgIpc) is 2.84. The molecule has 0 aliphatic carbocycles. The van der Waals surface area contributed by atoms with Crippen LogP contribution in [0.1, 0.15) is 11.8 Å². The maximum Gasteiger partial charge on any atom is 0.510 e. The van der Waals surface area contributed by atoms with Crippen LogP contribution in [0.15, 0.2) is 30.5 Å². The lowest BCUT2D eigenvalue weighted by atomic mass is 10.1. The van der Waals surface area contributed by atoms with Gasteiger partial charge in [-0.25, -0.2) is 4.79 Å². The maximum absolute atomic E-state index is 10.9. The molecule has 1 saturated heterocycles. The Hall–Kier alpha value is -1.97. The molecule has 0 radical (unpaired) electrons. The highest BCUT2D eigenvalue weighted by Gasteiger charge is 2.27. The smallest absolute Gasteiger partial charge is 0.428 e. The fourth-order valence-corrected chi connectivity index (χ4v) is 2.05. The Labute approximate surface area is 92.4 Å². The second kappa shape index (κ2) is 3.27. The minimum Gasteiger partial charge on any atom is -0.428 e. The van der Waals surface area contributed by atoms with Gasteiger partial charge in [0.15, 0.2) is 6.61 Å². The highest BCUT2D eigenvalue weighted by Crippen LogP contribution is 2.26. The lowest BCUT2D eigenvalue weighted by Crippen LogP contribution is -2.09. The Kier molecular flexibility index (Phi) is 1.89. The molecule has 0 bridgehead atoms. The van der Waals surface area contributed by atoms with E-state index in [1.54, 1.807) is 0 Å². The van der Waals surface area contributed by atoms with Gasteiger partial charge in [-0.3, -0.25) is 0 Å². The van der Waals surface area contributed by atoms with Gasteiger partial charge in [-0.15, -0.1) is 0 Å². The molecule has 0 N–H and O–H groups in total. The third kappa shape index (κ3) is 1.26. The zero-order valence-electron chi connectivity index (χ0n) is 8.84. The second-order valence-corrected chi connectivity index (χ2v) is 3.86. The van der Waals surface area contributed by atoms with Crippen LogP contribution in [0.3, 0.4) is 0 Å². The van der Waals surface area contributed by atoms with Gasteiger partial charge in [0.1, 0.15) is 0 Å². The number of nitrogens with zero attached hydrogens (tertiary/aromatic N) is 1. The van der Waals surface area contributed by atoms with Gasteiger partial charge in [-0.2, -0.15) is 0 Å². The first-order chi connectivity index (χ1) is 7.75. The molecule has 1 atom stereocenters. The topological polar surface area (TPSA) is 40.5 Å². The van der Waals surface area contributed by atoms with Crippen LogP contribution in [-0.4, -0.2) is 17.3 Å². The third-order valence-corrected chi connectivity index (χ3v) is 2.87. The molecule has 4 heteroatoms. The molecule has 1 aromatic heterocycles. The van der Waals surface area contributed by atoms with Crippen LogP contribution in [0.25, 0.3) is 10.9 Å². The fraction of sp³-hybridized carbons (Fsp3) is 0.250.